The van der Waals surface area contributed by atoms with Crippen molar-refractivity contribution in [2.45, 2.75) is 24.7 Å². The summed E-state index contributed by atoms with van der Waals surface area (Å²) in [6.07, 6.45) is 15.2. The van der Waals surface area contributed by atoms with Gasteiger partial charge in [-0.1, -0.05) is 54.6 Å². The molecule has 0 saturated heterocycles. The summed E-state index contributed by atoms with van der Waals surface area (Å²) in [5.74, 6) is 0. The van der Waals surface area contributed by atoms with E-state index in [0.29, 0.717) is 6.42 Å². The summed E-state index contributed by atoms with van der Waals surface area (Å²) in [7, 11) is -4.30. The van der Waals surface area contributed by atoms with Crippen LogP contribution in [0.2, 0.25) is 0 Å². The van der Waals surface area contributed by atoms with Crippen molar-refractivity contribution >= 4 is 7.60 Å². The number of aromatic nitrogens is 2. The molecule has 3 aromatic rings. The number of hydrogen-bond donors (Lipinski definition) is 2. The molecule has 168 valence electrons. The van der Waals surface area contributed by atoms with E-state index in [-0.39, 0.29) is 31.4 Å². The van der Waals surface area contributed by atoms with Crippen molar-refractivity contribution in [3.05, 3.63) is 109 Å². The van der Waals surface area contributed by atoms with Gasteiger partial charge in [-0.3, -0.25) is 4.57 Å². The van der Waals surface area contributed by atoms with Gasteiger partial charge in [0.25, 0.3) is 0 Å². The van der Waals surface area contributed by atoms with Crippen molar-refractivity contribution < 1.29 is 48.3 Å². The van der Waals surface area contributed by atoms with Crippen LogP contribution < -0.4 is 33.9 Å². The molecule has 1 aromatic carbocycles. The molecule has 2 heterocycles. The monoisotopic (exact) mass is 490 g/mol. The molecule has 2 aromatic heterocycles. The van der Waals surface area contributed by atoms with E-state index in [2.05, 4.69) is 41.2 Å². The highest BCUT2D eigenvalue weighted by Gasteiger charge is 2.48. The molecule has 0 aliphatic heterocycles. The molecular weight excluding hydrogens is 466 g/mol. The molecule has 8 heteroatoms. The van der Waals surface area contributed by atoms with Gasteiger partial charge >= 0.3 is 7.60 Å². The maximum absolute atomic E-state index is 12.2. The van der Waals surface area contributed by atoms with E-state index in [9.17, 15) is 14.4 Å². The van der Waals surface area contributed by atoms with Gasteiger partial charge in [-0.05, 0) is 17.5 Å². The quantitative estimate of drug-likeness (QED) is 0.294. The van der Waals surface area contributed by atoms with Crippen molar-refractivity contribution in [2.75, 3.05) is 0 Å². The summed E-state index contributed by atoms with van der Waals surface area (Å²) in [5.41, 5.74) is 3.40. The molecule has 1 aliphatic rings. The summed E-state index contributed by atoms with van der Waals surface area (Å²) in [5, 5.41) is -1.19. The molecule has 1 atom stereocenters. The van der Waals surface area contributed by atoms with Crippen LogP contribution in [-0.4, -0.2) is 14.9 Å². The van der Waals surface area contributed by atoms with Gasteiger partial charge in [-0.15, -0.1) is 0 Å². The Morgan fingerprint density at radius 2 is 1.38 bits per heavy atom. The lowest BCUT2D eigenvalue weighted by Gasteiger charge is -2.28. The van der Waals surface area contributed by atoms with Gasteiger partial charge in [0.1, 0.15) is 0 Å². The molecule has 1 unspecified atom stereocenters. The van der Waals surface area contributed by atoms with Crippen LogP contribution in [0.15, 0.2) is 104 Å². The Morgan fingerprint density at radius 1 is 0.812 bits per heavy atom. The summed E-state index contributed by atoms with van der Waals surface area (Å²) >= 11 is 0. The molecule has 2 N–H and O–H groups in total. The second-order valence-electron chi connectivity index (χ2n) is 7.64. The predicted molar refractivity (Wildman–Crippen MR) is 115 cm³/mol. The topological polar surface area (TPSA) is 65.3 Å². The molecule has 5 nitrogen and oxygen atoms in total. The summed E-state index contributed by atoms with van der Waals surface area (Å²) in [6.45, 7) is 1.05. The lowest BCUT2D eigenvalue weighted by atomic mass is 9.99. The van der Waals surface area contributed by atoms with Gasteiger partial charge in [0.05, 0.1) is 0 Å². The Balaban J connectivity index is 0.00000181. The maximum atomic E-state index is 12.2. The van der Waals surface area contributed by atoms with Crippen LogP contribution in [0, 0.1) is 0 Å². The summed E-state index contributed by atoms with van der Waals surface area (Å²) in [4.78, 5) is 19.9. The molecule has 0 spiro atoms. The van der Waals surface area contributed by atoms with Crippen LogP contribution in [-0.2, 0) is 17.7 Å². The third-order valence-corrected chi connectivity index (χ3v) is 7.12. The third-order valence-electron chi connectivity index (χ3n) is 5.49. The molecule has 0 fully saturated rings. The van der Waals surface area contributed by atoms with E-state index >= 15 is 0 Å². The first-order valence-corrected chi connectivity index (χ1v) is 11.5. The molecule has 0 radical (unpaired) electrons. The molecule has 0 bridgehead atoms. The number of pyridine rings is 2. The zero-order valence-electron chi connectivity index (χ0n) is 17.3. The maximum Gasteiger partial charge on any atom is 0.342 e. The Bertz CT molecular complexity index is 1110. The lowest BCUT2D eigenvalue weighted by Crippen LogP contribution is -3.00. The fourth-order valence-corrected chi connectivity index (χ4v) is 4.67. The van der Waals surface area contributed by atoms with Gasteiger partial charge in [-0.2, -0.15) is 0 Å². The Hall–Kier alpha value is -2.27. The Kier molecular flexibility index (Phi) is 8.97. The largest absolute Gasteiger partial charge is 1.00 e. The molecule has 0 amide bonds. The van der Waals surface area contributed by atoms with E-state index in [1.165, 1.54) is 5.56 Å². The van der Waals surface area contributed by atoms with E-state index in [4.69, 9.17) is 0 Å². The number of benzene rings is 1. The van der Waals surface area contributed by atoms with Gasteiger partial charge in [0.15, 0.2) is 43.0 Å². The summed E-state index contributed by atoms with van der Waals surface area (Å²) in [6, 6.07) is 18.4. The van der Waals surface area contributed by atoms with Crippen LogP contribution in [0.3, 0.4) is 0 Å². The zero-order chi connectivity index (χ0) is 21.0. The van der Waals surface area contributed by atoms with Crippen molar-refractivity contribution in [3.63, 3.8) is 0 Å². The van der Waals surface area contributed by atoms with Crippen LogP contribution >= 0.6 is 7.60 Å². The van der Waals surface area contributed by atoms with Crippen LogP contribution in [0.25, 0.3) is 11.1 Å². The number of rotatable bonds is 6. The molecule has 4 rings (SSSR count). The van der Waals surface area contributed by atoms with Gasteiger partial charge < -0.3 is 34.6 Å². The van der Waals surface area contributed by atoms with E-state index in [1.807, 2.05) is 59.4 Å². The molecular formula is C24H25Cl2N2O3P. The number of nitrogens with zero attached hydrogens (tertiary/aromatic N) is 2. The van der Waals surface area contributed by atoms with E-state index in [0.717, 1.165) is 17.7 Å². The number of halogens is 2. The second kappa shape index (κ2) is 11.0. The van der Waals surface area contributed by atoms with Gasteiger partial charge in [0, 0.05) is 29.8 Å². The van der Waals surface area contributed by atoms with Crippen LogP contribution in [0.1, 0.15) is 12.0 Å². The van der Waals surface area contributed by atoms with Crippen molar-refractivity contribution in [3.8, 4) is 11.1 Å². The summed E-state index contributed by atoms with van der Waals surface area (Å²) < 4.78 is 16.1. The first-order valence-electron chi connectivity index (χ1n) is 9.88. The third kappa shape index (κ3) is 5.94. The van der Waals surface area contributed by atoms with E-state index in [1.54, 1.807) is 12.2 Å². The fraction of sp³-hybridized carbons (Fsp3) is 0.167. The molecule has 32 heavy (non-hydrogen) atoms. The van der Waals surface area contributed by atoms with Crippen molar-refractivity contribution in [2.24, 2.45) is 0 Å². The number of hydrogen-bond acceptors (Lipinski definition) is 1. The predicted octanol–water partition coefficient (Wildman–Crippen LogP) is -2.58. The van der Waals surface area contributed by atoms with Gasteiger partial charge in [-0.25, -0.2) is 9.13 Å². The second-order valence-corrected chi connectivity index (χ2v) is 9.62. The minimum absolute atomic E-state index is 0. The highest BCUT2D eigenvalue weighted by molar-refractivity contribution is 7.53. The highest BCUT2D eigenvalue weighted by Crippen LogP contribution is 2.54. The Morgan fingerprint density at radius 3 is 1.88 bits per heavy atom. The van der Waals surface area contributed by atoms with Crippen molar-refractivity contribution in [1.82, 2.24) is 0 Å². The number of allylic oxidation sites excluding steroid dienone is 4. The Labute approximate surface area is 200 Å². The average molecular weight is 491 g/mol. The van der Waals surface area contributed by atoms with Crippen LogP contribution in [0.4, 0.5) is 0 Å². The SMILES string of the molecule is O=P(O)(O)C1(C[n+]2ccc(-c3cc[n+](Cc4ccccc4)cc3)cc2)C=CC=CC1.[Cl-].[Cl-]. The first-order chi connectivity index (χ1) is 14.5. The first kappa shape index (κ1) is 26.0. The van der Waals surface area contributed by atoms with E-state index < -0.39 is 12.8 Å². The standard InChI is InChI=1S/C24H23N2O3P.2ClH/c27-30(28,29)24(13-5-2-6-14-24)20-26-17-11-23(12-18-26)22-9-15-25(16-10-22)19-21-7-3-1-4-8-21;;/h1-13,15-18H,14,19-20H2;2*1H. The fourth-order valence-electron chi connectivity index (χ4n) is 3.70. The highest BCUT2D eigenvalue weighted by atomic mass is 35.5. The van der Waals surface area contributed by atoms with Gasteiger partial charge in [0.2, 0.25) is 0 Å². The average Bonchev–Trinajstić information content (AvgIpc) is 2.76. The van der Waals surface area contributed by atoms with Crippen LogP contribution in [0.5, 0.6) is 0 Å². The smallest absolute Gasteiger partial charge is 0.342 e. The molecule has 1 aliphatic carbocycles. The minimum Gasteiger partial charge on any atom is -1.00 e. The van der Waals surface area contributed by atoms with Crippen molar-refractivity contribution in [1.29, 1.82) is 0 Å². The minimum atomic E-state index is -4.30. The zero-order valence-corrected chi connectivity index (χ0v) is 19.7. The normalized spacial score (nSPS) is 17.3. The molecule has 0 saturated carbocycles. The lowest BCUT2D eigenvalue weighted by molar-refractivity contribution is -0.699.